The van der Waals surface area contributed by atoms with Gasteiger partial charge in [0.15, 0.2) is 0 Å². The molecule has 17 heavy (non-hydrogen) atoms. The van der Waals surface area contributed by atoms with E-state index in [0.717, 1.165) is 5.75 Å². The Bertz CT molecular complexity index is 375. The van der Waals surface area contributed by atoms with E-state index in [1.165, 1.54) is 43.2 Å². The molecule has 92 valence electrons. The van der Waals surface area contributed by atoms with Gasteiger partial charge in [0, 0.05) is 0 Å². The summed E-state index contributed by atoms with van der Waals surface area (Å²) in [5, 5.41) is 0. The van der Waals surface area contributed by atoms with E-state index in [9.17, 15) is 0 Å². The highest BCUT2D eigenvalue weighted by molar-refractivity contribution is 5.39. The smallest absolute Gasteiger partial charge is 0.123 e. The van der Waals surface area contributed by atoms with Crippen molar-refractivity contribution in [2.45, 2.75) is 44.9 Å². The maximum absolute atomic E-state index is 5.80. The predicted molar refractivity (Wildman–Crippen MR) is 72.7 cm³/mol. The monoisotopic (exact) mass is 230 g/mol. The summed E-state index contributed by atoms with van der Waals surface area (Å²) in [6.07, 6.45) is 8.55. The van der Waals surface area contributed by atoms with Gasteiger partial charge in [-0.25, -0.2) is 0 Å². The SMILES string of the molecule is C=CCOc1cc(C)ccc1C1CCCCC1. The van der Waals surface area contributed by atoms with Crippen molar-refractivity contribution in [2.24, 2.45) is 0 Å². The molecule has 0 aliphatic heterocycles. The van der Waals surface area contributed by atoms with E-state index >= 15 is 0 Å². The van der Waals surface area contributed by atoms with Crippen LogP contribution in [0.3, 0.4) is 0 Å². The van der Waals surface area contributed by atoms with Crippen molar-refractivity contribution < 1.29 is 4.74 Å². The van der Waals surface area contributed by atoms with Crippen molar-refractivity contribution in [1.29, 1.82) is 0 Å². The zero-order chi connectivity index (χ0) is 12.1. The number of ether oxygens (including phenoxy) is 1. The van der Waals surface area contributed by atoms with E-state index in [-0.39, 0.29) is 0 Å². The van der Waals surface area contributed by atoms with Crippen molar-refractivity contribution in [3.63, 3.8) is 0 Å². The van der Waals surface area contributed by atoms with Crippen LogP contribution in [-0.2, 0) is 0 Å². The fourth-order valence-corrected chi connectivity index (χ4v) is 2.67. The lowest BCUT2D eigenvalue weighted by Gasteiger charge is -2.24. The quantitative estimate of drug-likeness (QED) is 0.686. The minimum atomic E-state index is 0.600. The third-order valence-corrected chi connectivity index (χ3v) is 3.57. The first-order valence-corrected chi connectivity index (χ1v) is 6.65. The zero-order valence-corrected chi connectivity index (χ0v) is 10.7. The molecule has 0 unspecified atom stereocenters. The molecule has 0 N–H and O–H groups in total. The lowest BCUT2D eigenvalue weighted by Crippen LogP contribution is -2.07. The molecular formula is C16H22O. The first-order chi connectivity index (χ1) is 8.31. The van der Waals surface area contributed by atoms with E-state index in [1.807, 2.05) is 6.08 Å². The zero-order valence-electron chi connectivity index (χ0n) is 10.7. The van der Waals surface area contributed by atoms with Crippen LogP contribution in [0.4, 0.5) is 0 Å². The summed E-state index contributed by atoms with van der Waals surface area (Å²) in [5.41, 5.74) is 2.67. The summed E-state index contributed by atoms with van der Waals surface area (Å²) in [7, 11) is 0. The van der Waals surface area contributed by atoms with Crippen molar-refractivity contribution in [1.82, 2.24) is 0 Å². The highest BCUT2D eigenvalue weighted by Gasteiger charge is 2.19. The van der Waals surface area contributed by atoms with Crippen LogP contribution in [0.5, 0.6) is 5.75 Å². The molecule has 1 fully saturated rings. The molecule has 1 aromatic rings. The largest absolute Gasteiger partial charge is 0.489 e. The van der Waals surface area contributed by atoms with Gasteiger partial charge in [0.25, 0.3) is 0 Å². The molecule has 0 atom stereocenters. The Hall–Kier alpha value is -1.24. The highest BCUT2D eigenvalue weighted by atomic mass is 16.5. The summed E-state index contributed by atoms with van der Waals surface area (Å²) >= 11 is 0. The van der Waals surface area contributed by atoms with Crippen molar-refractivity contribution in [2.75, 3.05) is 6.61 Å². The van der Waals surface area contributed by atoms with Crippen LogP contribution in [0.2, 0.25) is 0 Å². The molecule has 1 aliphatic rings. The van der Waals surface area contributed by atoms with Crippen LogP contribution >= 0.6 is 0 Å². The summed E-state index contributed by atoms with van der Waals surface area (Å²) in [6.45, 7) is 6.43. The lowest BCUT2D eigenvalue weighted by molar-refractivity contribution is 0.348. The second-order valence-electron chi connectivity index (χ2n) is 4.98. The number of rotatable bonds is 4. The molecule has 1 aromatic carbocycles. The van der Waals surface area contributed by atoms with Gasteiger partial charge < -0.3 is 4.74 Å². The average molecular weight is 230 g/mol. The molecule has 2 rings (SSSR count). The second-order valence-corrected chi connectivity index (χ2v) is 4.98. The predicted octanol–water partition coefficient (Wildman–Crippen LogP) is 4.61. The Morgan fingerprint density at radius 1 is 1.29 bits per heavy atom. The van der Waals surface area contributed by atoms with E-state index in [4.69, 9.17) is 4.74 Å². The molecule has 0 amide bonds. The van der Waals surface area contributed by atoms with Crippen LogP contribution in [0.1, 0.15) is 49.1 Å². The molecule has 0 radical (unpaired) electrons. The Morgan fingerprint density at radius 2 is 2.06 bits per heavy atom. The Balaban J connectivity index is 2.20. The first-order valence-electron chi connectivity index (χ1n) is 6.65. The van der Waals surface area contributed by atoms with Gasteiger partial charge in [0.1, 0.15) is 12.4 Å². The van der Waals surface area contributed by atoms with Gasteiger partial charge in [-0.15, -0.1) is 0 Å². The molecule has 0 bridgehead atoms. The summed E-state index contributed by atoms with van der Waals surface area (Å²) in [4.78, 5) is 0. The first kappa shape index (κ1) is 12.2. The molecule has 1 aliphatic carbocycles. The normalized spacial score (nSPS) is 16.8. The molecular weight excluding hydrogens is 208 g/mol. The molecule has 0 heterocycles. The van der Waals surface area contributed by atoms with E-state index in [2.05, 4.69) is 31.7 Å². The van der Waals surface area contributed by atoms with Crippen molar-refractivity contribution >= 4 is 0 Å². The van der Waals surface area contributed by atoms with E-state index in [1.54, 1.807) is 0 Å². The van der Waals surface area contributed by atoms with E-state index in [0.29, 0.717) is 12.5 Å². The maximum atomic E-state index is 5.80. The van der Waals surface area contributed by atoms with Gasteiger partial charge in [0.05, 0.1) is 0 Å². The lowest BCUT2D eigenvalue weighted by atomic mass is 9.83. The Kier molecular flexibility index (Phi) is 4.24. The standard InChI is InChI=1S/C16H22O/c1-3-11-17-16-12-13(2)9-10-15(16)14-7-5-4-6-8-14/h3,9-10,12,14H,1,4-8,11H2,2H3. The molecule has 1 nitrogen and oxygen atoms in total. The van der Waals surface area contributed by atoms with Gasteiger partial charge >= 0.3 is 0 Å². The van der Waals surface area contributed by atoms with Gasteiger partial charge in [-0.3, -0.25) is 0 Å². The number of aryl methyl sites for hydroxylation is 1. The fourth-order valence-electron chi connectivity index (χ4n) is 2.67. The summed E-state index contributed by atoms with van der Waals surface area (Å²) in [6, 6.07) is 6.61. The van der Waals surface area contributed by atoms with Gasteiger partial charge in [-0.05, 0) is 42.9 Å². The Morgan fingerprint density at radius 3 is 2.76 bits per heavy atom. The molecule has 1 heteroatoms. The van der Waals surface area contributed by atoms with Crippen LogP contribution in [0.25, 0.3) is 0 Å². The third kappa shape index (κ3) is 3.12. The summed E-state index contributed by atoms with van der Waals surface area (Å²) < 4.78 is 5.80. The van der Waals surface area contributed by atoms with Crippen molar-refractivity contribution in [3.8, 4) is 5.75 Å². The fraction of sp³-hybridized carbons (Fsp3) is 0.500. The van der Waals surface area contributed by atoms with Gasteiger partial charge in [-0.1, -0.05) is 44.1 Å². The van der Waals surface area contributed by atoms with Crippen LogP contribution in [0.15, 0.2) is 30.9 Å². The number of hydrogen-bond donors (Lipinski definition) is 0. The highest BCUT2D eigenvalue weighted by Crippen LogP contribution is 2.37. The van der Waals surface area contributed by atoms with Gasteiger partial charge in [-0.2, -0.15) is 0 Å². The maximum Gasteiger partial charge on any atom is 0.123 e. The number of benzene rings is 1. The van der Waals surface area contributed by atoms with Crippen molar-refractivity contribution in [3.05, 3.63) is 42.0 Å². The number of hydrogen-bond acceptors (Lipinski definition) is 1. The molecule has 0 spiro atoms. The van der Waals surface area contributed by atoms with Crippen LogP contribution in [-0.4, -0.2) is 6.61 Å². The average Bonchev–Trinajstić information content (AvgIpc) is 2.37. The summed E-state index contributed by atoms with van der Waals surface area (Å²) in [5.74, 6) is 1.76. The molecule has 0 saturated heterocycles. The Labute approximate surface area is 104 Å². The van der Waals surface area contributed by atoms with E-state index < -0.39 is 0 Å². The van der Waals surface area contributed by atoms with Gasteiger partial charge in [0.2, 0.25) is 0 Å². The van der Waals surface area contributed by atoms with Crippen LogP contribution in [0, 0.1) is 6.92 Å². The minimum absolute atomic E-state index is 0.600. The topological polar surface area (TPSA) is 9.23 Å². The third-order valence-electron chi connectivity index (χ3n) is 3.57. The van der Waals surface area contributed by atoms with Crippen LogP contribution < -0.4 is 4.74 Å². The molecule has 1 saturated carbocycles. The second kappa shape index (κ2) is 5.90. The molecule has 0 aromatic heterocycles. The minimum Gasteiger partial charge on any atom is -0.489 e.